The Morgan fingerprint density at radius 2 is 2.60 bits per heavy atom. The minimum absolute atomic E-state index is 0.431. The summed E-state index contributed by atoms with van der Waals surface area (Å²) in [5.41, 5.74) is 0. The average molecular weight is 163 g/mol. The van der Waals surface area contributed by atoms with E-state index in [1.807, 2.05) is 11.8 Å². The molecular weight excluding hydrogens is 150 g/mol. The van der Waals surface area contributed by atoms with Gasteiger partial charge in [-0.15, -0.1) is 11.8 Å². The Hall–Kier alpha value is -0.220. The van der Waals surface area contributed by atoms with Gasteiger partial charge in [-0.1, -0.05) is 0 Å². The fourth-order valence-electron chi connectivity index (χ4n) is 0.429. The minimum Gasteiger partial charge on any atom is -0.468 e. The van der Waals surface area contributed by atoms with E-state index >= 15 is 0 Å². The molecule has 1 aliphatic heterocycles. The number of thioether (sulfide) groups is 1. The summed E-state index contributed by atoms with van der Waals surface area (Å²) in [6.45, 7) is 3.88. The molecule has 0 aromatic carbocycles. The summed E-state index contributed by atoms with van der Waals surface area (Å²) in [6.07, 6.45) is 0. The normalized spacial score (nSPS) is 15.3. The van der Waals surface area contributed by atoms with Crippen molar-refractivity contribution in [2.24, 2.45) is 0 Å². The lowest BCUT2D eigenvalue weighted by atomic mass is 10.8. The molecule has 0 radical (unpaired) electrons. The van der Waals surface area contributed by atoms with Crippen molar-refractivity contribution < 1.29 is 9.53 Å². The first-order valence-corrected chi connectivity index (χ1v) is 4.41. The molecule has 4 heteroatoms. The number of nitrogens with one attached hydrogen (secondary N) is 1. The lowest BCUT2D eigenvalue weighted by Gasteiger charge is -1.79. The van der Waals surface area contributed by atoms with Crippen LogP contribution in [0.2, 0.25) is 0 Å². The van der Waals surface area contributed by atoms with Crippen molar-refractivity contribution in [1.29, 1.82) is 0 Å². The number of hydrogen-bond donors (Lipinski definition) is 1. The summed E-state index contributed by atoms with van der Waals surface area (Å²) in [5.74, 6) is 2.47. The first-order chi connectivity index (χ1) is 4.91. The van der Waals surface area contributed by atoms with Gasteiger partial charge in [0.1, 0.15) is 0 Å². The van der Waals surface area contributed by atoms with E-state index in [1.165, 1.54) is 18.2 Å². The molecule has 0 aliphatic carbocycles. The average Bonchev–Trinajstić information content (AvgIpc) is 2.44. The third-order valence-electron chi connectivity index (χ3n) is 0.862. The molecule has 1 rings (SSSR count). The summed E-state index contributed by atoms with van der Waals surface area (Å²) in [7, 11) is 0. The third-order valence-corrected chi connectivity index (χ3v) is 1.76. The minimum atomic E-state index is 0.431. The molecule has 0 bridgehead atoms. The highest BCUT2D eigenvalue weighted by molar-refractivity contribution is 7.99. The molecule has 0 atom stereocenters. The molecule has 1 N–H and O–H groups in total. The summed E-state index contributed by atoms with van der Waals surface area (Å²) >= 11 is 1.96. The van der Waals surface area contributed by atoms with Gasteiger partial charge in [0.25, 0.3) is 6.47 Å². The lowest BCUT2D eigenvalue weighted by molar-refractivity contribution is -0.128. The second-order valence-electron chi connectivity index (χ2n) is 1.60. The smallest absolute Gasteiger partial charge is 0.293 e. The van der Waals surface area contributed by atoms with Gasteiger partial charge in [-0.05, 0) is 6.92 Å². The summed E-state index contributed by atoms with van der Waals surface area (Å²) in [6, 6.07) is 0. The summed E-state index contributed by atoms with van der Waals surface area (Å²) < 4.78 is 4.15. The van der Waals surface area contributed by atoms with E-state index in [0.29, 0.717) is 13.1 Å². The highest BCUT2D eigenvalue weighted by Crippen LogP contribution is 1.99. The van der Waals surface area contributed by atoms with Gasteiger partial charge in [-0.2, -0.15) is 0 Å². The summed E-state index contributed by atoms with van der Waals surface area (Å²) in [4.78, 5) is 9.18. The molecule has 60 valence electrons. The molecule has 1 aliphatic rings. The second kappa shape index (κ2) is 8.78. The molecule has 0 aromatic heterocycles. The summed E-state index contributed by atoms with van der Waals surface area (Å²) in [5, 5.41) is 3.19. The first-order valence-electron chi connectivity index (χ1n) is 3.25. The van der Waals surface area contributed by atoms with Crippen molar-refractivity contribution >= 4 is 18.2 Å². The van der Waals surface area contributed by atoms with Crippen LogP contribution in [0.25, 0.3) is 0 Å². The maximum atomic E-state index is 9.18. The Bertz CT molecular complexity index is 68.5. The van der Waals surface area contributed by atoms with Crippen LogP contribution in [-0.4, -0.2) is 31.3 Å². The fraction of sp³-hybridized carbons (Fsp3) is 0.833. The molecule has 1 saturated heterocycles. The van der Waals surface area contributed by atoms with E-state index in [0.717, 1.165) is 0 Å². The standard InChI is InChI=1S/C3H7NS.C3H6O2/c1-2-5-3-4-1;1-2-5-3-4/h4H,1-3H2;3H,2H2,1H3. The Morgan fingerprint density at radius 3 is 2.70 bits per heavy atom. The Morgan fingerprint density at radius 1 is 1.80 bits per heavy atom. The number of ether oxygens (including phenoxy) is 1. The largest absolute Gasteiger partial charge is 0.468 e. The van der Waals surface area contributed by atoms with Gasteiger partial charge < -0.3 is 10.1 Å². The van der Waals surface area contributed by atoms with Crippen LogP contribution < -0.4 is 5.32 Å². The van der Waals surface area contributed by atoms with Crippen LogP contribution in [0.4, 0.5) is 0 Å². The quantitative estimate of drug-likeness (QED) is 0.600. The molecule has 0 aromatic rings. The number of carbonyl (C=O) groups excluding carboxylic acids is 1. The van der Waals surface area contributed by atoms with Crippen LogP contribution in [-0.2, 0) is 9.53 Å². The van der Waals surface area contributed by atoms with E-state index in [4.69, 9.17) is 0 Å². The molecule has 1 heterocycles. The molecule has 0 saturated carbocycles. The Labute approximate surface area is 65.5 Å². The number of rotatable bonds is 2. The monoisotopic (exact) mass is 163 g/mol. The van der Waals surface area contributed by atoms with Crippen LogP contribution in [0.1, 0.15) is 6.92 Å². The zero-order valence-corrected chi connectivity index (χ0v) is 6.95. The van der Waals surface area contributed by atoms with E-state index in [1.54, 1.807) is 6.92 Å². The Balaban J connectivity index is 0.000000162. The fourth-order valence-corrected chi connectivity index (χ4v) is 1.15. The van der Waals surface area contributed by atoms with Crippen LogP contribution in [0.15, 0.2) is 0 Å². The van der Waals surface area contributed by atoms with Gasteiger partial charge in [0.05, 0.1) is 6.61 Å². The molecule has 0 unspecified atom stereocenters. The first kappa shape index (κ1) is 9.78. The maximum Gasteiger partial charge on any atom is 0.293 e. The van der Waals surface area contributed by atoms with Crippen molar-refractivity contribution in [1.82, 2.24) is 5.32 Å². The number of hydrogen-bond acceptors (Lipinski definition) is 4. The van der Waals surface area contributed by atoms with Crippen LogP contribution in [0.3, 0.4) is 0 Å². The highest BCUT2D eigenvalue weighted by Gasteiger charge is 1.93. The van der Waals surface area contributed by atoms with E-state index < -0.39 is 0 Å². The molecule has 0 amide bonds. The maximum absolute atomic E-state index is 9.18. The Kier molecular flexibility index (Phi) is 8.59. The third kappa shape index (κ3) is 7.78. The zero-order valence-electron chi connectivity index (χ0n) is 6.13. The molecule has 10 heavy (non-hydrogen) atoms. The van der Waals surface area contributed by atoms with E-state index in [-0.39, 0.29) is 0 Å². The van der Waals surface area contributed by atoms with Crippen molar-refractivity contribution in [3.8, 4) is 0 Å². The zero-order chi connectivity index (χ0) is 7.66. The van der Waals surface area contributed by atoms with Gasteiger partial charge >= 0.3 is 0 Å². The van der Waals surface area contributed by atoms with E-state index in [9.17, 15) is 4.79 Å². The van der Waals surface area contributed by atoms with Crippen molar-refractivity contribution in [2.45, 2.75) is 6.92 Å². The van der Waals surface area contributed by atoms with Crippen molar-refractivity contribution in [3.05, 3.63) is 0 Å². The predicted molar refractivity (Wildman–Crippen MR) is 43.0 cm³/mol. The van der Waals surface area contributed by atoms with E-state index in [2.05, 4.69) is 10.1 Å². The van der Waals surface area contributed by atoms with Crippen LogP contribution >= 0.6 is 11.8 Å². The van der Waals surface area contributed by atoms with Gasteiger partial charge in [0.2, 0.25) is 0 Å². The van der Waals surface area contributed by atoms with Crippen LogP contribution in [0, 0.1) is 0 Å². The lowest BCUT2D eigenvalue weighted by Crippen LogP contribution is -2.04. The molecule has 0 spiro atoms. The highest BCUT2D eigenvalue weighted by atomic mass is 32.2. The topological polar surface area (TPSA) is 38.3 Å². The van der Waals surface area contributed by atoms with Gasteiger partial charge in [0.15, 0.2) is 0 Å². The van der Waals surface area contributed by atoms with Gasteiger partial charge in [0, 0.05) is 18.2 Å². The predicted octanol–water partition coefficient (Wildman–Crippen LogP) is 0.460. The second-order valence-corrected chi connectivity index (χ2v) is 2.71. The molecule has 1 fully saturated rings. The van der Waals surface area contributed by atoms with Gasteiger partial charge in [-0.25, -0.2) is 0 Å². The van der Waals surface area contributed by atoms with Crippen molar-refractivity contribution in [3.63, 3.8) is 0 Å². The molecule has 3 nitrogen and oxygen atoms in total. The van der Waals surface area contributed by atoms with Crippen LogP contribution in [0.5, 0.6) is 0 Å². The molecular formula is C6H13NO2S. The number of carbonyl (C=O) groups is 1. The van der Waals surface area contributed by atoms with Gasteiger partial charge in [-0.3, -0.25) is 4.79 Å². The SMILES string of the molecule is C1CSCN1.CCOC=O. The van der Waals surface area contributed by atoms with Crippen molar-refractivity contribution in [2.75, 3.05) is 24.8 Å².